The summed E-state index contributed by atoms with van der Waals surface area (Å²) in [4.78, 5) is 7.02. The molecule has 2 fully saturated rings. The van der Waals surface area contributed by atoms with Crippen LogP contribution in [-0.2, 0) is 0 Å². The van der Waals surface area contributed by atoms with Crippen LogP contribution < -0.4 is 16.0 Å². The van der Waals surface area contributed by atoms with Gasteiger partial charge in [0.1, 0.15) is 0 Å². The monoisotopic (exact) mass is 413 g/mol. The maximum Gasteiger partial charge on any atom is 0.0477 e. The lowest BCUT2D eigenvalue weighted by atomic mass is 9.90. The summed E-state index contributed by atoms with van der Waals surface area (Å²) >= 11 is 0. The molecule has 2 aliphatic heterocycles. The average Bonchev–Trinajstić information content (AvgIpc) is 3.44. The smallest absolute Gasteiger partial charge is 0.0477 e. The van der Waals surface area contributed by atoms with E-state index in [1.807, 2.05) is 0 Å². The second-order valence-electron chi connectivity index (χ2n) is 9.18. The van der Waals surface area contributed by atoms with Gasteiger partial charge in [0, 0.05) is 45.6 Å². The lowest BCUT2D eigenvalue weighted by molar-refractivity contribution is 0.462. The molecule has 0 spiro atoms. The fourth-order valence-electron chi connectivity index (χ4n) is 5.56. The maximum absolute atomic E-state index is 3.61. The van der Waals surface area contributed by atoms with Crippen molar-refractivity contribution in [1.82, 2.24) is 20.6 Å². The van der Waals surface area contributed by atoms with Gasteiger partial charge in [0.25, 0.3) is 0 Å². The number of H-pyrrole nitrogens is 2. The fraction of sp³-hybridized carbons (Fsp3) is 0.385. The number of rotatable bonds is 4. The molecule has 5 N–H and O–H groups in total. The van der Waals surface area contributed by atoms with Crippen LogP contribution in [0.5, 0.6) is 0 Å². The van der Waals surface area contributed by atoms with E-state index in [1.165, 1.54) is 58.6 Å². The molecule has 0 aliphatic carbocycles. The van der Waals surface area contributed by atoms with Gasteiger partial charge in [-0.1, -0.05) is 12.1 Å². The molecule has 0 amide bonds. The van der Waals surface area contributed by atoms with E-state index < -0.39 is 0 Å². The molecule has 0 radical (unpaired) electrons. The van der Waals surface area contributed by atoms with Gasteiger partial charge < -0.3 is 25.9 Å². The Kier molecular flexibility index (Phi) is 4.93. The summed E-state index contributed by atoms with van der Waals surface area (Å²) in [6, 6.07) is 13.4. The first-order valence-electron chi connectivity index (χ1n) is 11.8. The number of piperidine rings is 2. The topological polar surface area (TPSA) is 67.7 Å². The number of aromatic amines is 2. The van der Waals surface area contributed by atoms with Gasteiger partial charge in [-0.2, -0.15) is 0 Å². The van der Waals surface area contributed by atoms with E-state index in [1.54, 1.807) is 0 Å². The minimum atomic E-state index is 0.665. The normalized spacial score (nSPS) is 18.7. The van der Waals surface area contributed by atoms with Gasteiger partial charge in [0.15, 0.2) is 0 Å². The van der Waals surface area contributed by atoms with E-state index in [0.29, 0.717) is 11.8 Å². The van der Waals surface area contributed by atoms with E-state index in [4.69, 9.17) is 0 Å². The van der Waals surface area contributed by atoms with Gasteiger partial charge in [-0.25, -0.2) is 0 Å². The van der Waals surface area contributed by atoms with Crippen LogP contribution >= 0.6 is 0 Å². The quantitative estimate of drug-likeness (QED) is 0.314. The highest BCUT2D eigenvalue weighted by molar-refractivity contribution is 5.90. The summed E-state index contributed by atoms with van der Waals surface area (Å²) in [5.41, 5.74) is 7.62. The van der Waals surface area contributed by atoms with Crippen LogP contribution in [0.15, 0.2) is 48.8 Å². The maximum atomic E-state index is 3.61. The minimum Gasteiger partial charge on any atom is -0.361 e. The van der Waals surface area contributed by atoms with Crippen molar-refractivity contribution in [1.29, 1.82) is 0 Å². The SMILES string of the molecule is c1cc2c(C3CCNCC3)c[nH]c2cc1Nc1ccc2c(C3CCNCC3)c[nH]c2c1. The summed E-state index contributed by atoms with van der Waals surface area (Å²) in [5, 5.41) is 13.3. The van der Waals surface area contributed by atoms with Crippen molar-refractivity contribution in [3.8, 4) is 0 Å². The van der Waals surface area contributed by atoms with Crippen molar-refractivity contribution in [3.63, 3.8) is 0 Å². The van der Waals surface area contributed by atoms with Gasteiger partial charge in [-0.15, -0.1) is 0 Å². The third kappa shape index (κ3) is 3.62. The minimum absolute atomic E-state index is 0.665. The summed E-state index contributed by atoms with van der Waals surface area (Å²) in [6.07, 6.45) is 9.34. The number of aromatic nitrogens is 2. The zero-order valence-corrected chi connectivity index (χ0v) is 17.9. The Morgan fingerprint density at radius 3 is 1.52 bits per heavy atom. The molecule has 0 atom stereocenters. The zero-order valence-electron chi connectivity index (χ0n) is 17.9. The molecule has 5 heteroatoms. The third-order valence-corrected chi connectivity index (χ3v) is 7.27. The third-order valence-electron chi connectivity index (χ3n) is 7.27. The number of fused-ring (bicyclic) bond motifs is 2. The first kappa shape index (κ1) is 19.0. The van der Waals surface area contributed by atoms with Gasteiger partial charge in [0.05, 0.1) is 0 Å². The molecule has 2 aliphatic rings. The molecular formula is C26H31N5. The highest BCUT2D eigenvalue weighted by Crippen LogP contribution is 2.35. The Labute approximate surface area is 183 Å². The highest BCUT2D eigenvalue weighted by Gasteiger charge is 2.20. The van der Waals surface area contributed by atoms with Crippen LogP contribution in [0.3, 0.4) is 0 Å². The molecule has 4 aromatic rings. The molecule has 31 heavy (non-hydrogen) atoms. The summed E-state index contributed by atoms with van der Waals surface area (Å²) in [6.45, 7) is 4.49. The van der Waals surface area contributed by atoms with Crippen molar-refractivity contribution in [3.05, 3.63) is 59.9 Å². The zero-order chi connectivity index (χ0) is 20.6. The molecule has 4 heterocycles. The number of anilines is 2. The predicted molar refractivity (Wildman–Crippen MR) is 130 cm³/mol. The average molecular weight is 414 g/mol. The molecule has 160 valence electrons. The van der Waals surface area contributed by atoms with Crippen LogP contribution in [0.4, 0.5) is 11.4 Å². The van der Waals surface area contributed by atoms with Crippen LogP contribution in [0.25, 0.3) is 21.8 Å². The Balaban J connectivity index is 1.24. The number of hydrogen-bond donors (Lipinski definition) is 5. The van der Waals surface area contributed by atoms with Gasteiger partial charge in [-0.05, 0) is 99.1 Å². The van der Waals surface area contributed by atoms with Crippen molar-refractivity contribution < 1.29 is 0 Å². The first-order chi connectivity index (χ1) is 15.3. The number of benzene rings is 2. The first-order valence-corrected chi connectivity index (χ1v) is 11.8. The molecule has 6 rings (SSSR count). The Hall–Kier alpha value is -2.76. The number of nitrogens with one attached hydrogen (secondary N) is 5. The fourth-order valence-corrected chi connectivity index (χ4v) is 5.56. The van der Waals surface area contributed by atoms with Crippen LogP contribution in [-0.4, -0.2) is 36.1 Å². The van der Waals surface area contributed by atoms with E-state index in [-0.39, 0.29) is 0 Å². The Morgan fingerprint density at radius 2 is 1.06 bits per heavy atom. The lowest BCUT2D eigenvalue weighted by Crippen LogP contribution is -2.26. The number of hydrogen-bond acceptors (Lipinski definition) is 3. The molecular weight excluding hydrogens is 382 g/mol. The van der Waals surface area contributed by atoms with Crippen LogP contribution in [0, 0.1) is 0 Å². The molecule has 0 unspecified atom stereocenters. The van der Waals surface area contributed by atoms with E-state index in [9.17, 15) is 0 Å². The van der Waals surface area contributed by atoms with E-state index >= 15 is 0 Å². The van der Waals surface area contributed by atoms with Crippen molar-refractivity contribution >= 4 is 33.2 Å². The second-order valence-corrected chi connectivity index (χ2v) is 9.18. The highest BCUT2D eigenvalue weighted by atomic mass is 14.9. The lowest BCUT2D eigenvalue weighted by Gasteiger charge is -2.22. The second kappa shape index (κ2) is 8.06. The largest absolute Gasteiger partial charge is 0.361 e. The summed E-state index contributed by atoms with van der Waals surface area (Å²) in [5.74, 6) is 1.33. The molecule has 2 saturated heterocycles. The summed E-state index contributed by atoms with van der Waals surface area (Å²) < 4.78 is 0. The molecule has 2 aromatic carbocycles. The van der Waals surface area contributed by atoms with E-state index in [0.717, 1.165) is 37.6 Å². The molecule has 2 aromatic heterocycles. The Bertz CT molecular complexity index is 1100. The predicted octanol–water partition coefficient (Wildman–Crippen LogP) is 5.33. The molecule has 0 saturated carbocycles. The molecule has 0 bridgehead atoms. The van der Waals surface area contributed by atoms with Crippen LogP contribution in [0.1, 0.15) is 48.6 Å². The van der Waals surface area contributed by atoms with Gasteiger partial charge in [0.2, 0.25) is 0 Å². The van der Waals surface area contributed by atoms with Crippen molar-refractivity contribution in [2.45, 2.75) is 37.5 Å². The van der Waals surface area contributed by atoms with Gasteiger partial charge in [-0.3, -0.25) is 0 Å². The molecule has 5 nitrogen and oxygen atoms in total. The summed E-state index contributed by atoms with van der Waals surface area (Å²) in [7, 11) is 0. The van der Waals surface area contributed by atoms with E-state index in [2.05, 4.69) is 74.7 Å². The van der Waals surface area contributed by atoms with Crippen LogP contribution in [0.2, 0.25) is 0 Å². The van der Waals surface area contributed by atoms with Gasteiger partial charge >= 0.3 is 0 Å². The van der Waals surface area contributed by atoms with Crippen molar-refractivity contribution in [2.75, 3.05) is 31.5 Å². The Morgan fingerprint density at radius 1 is 0.613 bits per heavy atom. The standard InChI is InChI=1S/C26H31N5/c1-3-21-23(17-5-9-27-10-6-17)15-29-25(21)13-19(1)31-20-2-4-22-24(16-30-26(22)14-20)18-7-11-28-12-8-18/h1-4,13-18,27-31H,5-12H2. The van der Waals surface area contributed by atoms with Crippen molar-refractivity contribution in [2.24, 2.45) is 0 Å².